The van der Waals surface area contributed by atoms with Gasteiger partial charge in [0.15, 0.2) is 5.82 Å². The van der Waals surface area contributed by atoms with Crippen molar-refractivity contribution in [2.75, 3.05) is 20.3 Å². The van der Waals surface area contributed by atoms with E-state index in [0.29, 0.717) is 19.7 Å². The topological polar surface area (TPSA) is 88.9 Å². The van der Waals surface area contributed by atoms with Gasteiger partial charge >= 0.3 is 0 Å². The zero-order chi connectivity index (χ0) is 24.8. The molecule has 0 aliphatic heterocycles. The zero-order valence-corrected chi connectivity index (χ0v) is 21.0. The van der Waals surface area contributed by atoms with Gasteiger partial charge in [0, 0.05) is 31.1 Å². The van der Waals surface area contributed by atoms with Crippen LogP contribution in [0.15, 0.2) is 53.3 Å². The van der Waals surface area contributed by atoms with E-state index in [0.717, 1.165) is 52.8 Å². The number of methoxy groups -OCH3 is 1. The number of aryl methyl sites for hydroxylation is 2. The summed E-state index contributed by atoms with van der Waals surface area (Å²) in [4.78, 5) is 18.6. The first-order valence-electron chi connectivity index (χ1n) is 12.2. The van der Waals surface area contributed by atoms with E-state index in [-0.39, 0.29) is 11.6 Å². The van der Waals surface area contributed by atoms with Crippen molar-refractivity contribution in [1.29, 1.82) is 0 Å². The van der Waals surface area contributed by atoms with Crippen LogP contribution in [0.25, 0.3) is 10.9 Å². The van der Waals surface area contributed by atoms with Crippen LogP contribution in [0.3, 0.4) is 0 Å². The molecule has 2 aromatic heterocycles. The first kappa shape index (κ1) is 24.8. The van der Waals surface area contributed by atoms with Crippen molar-refractivity contribution in [3.05, 3.63) is 87.0 Å². The van der Waals surface area contributed by atoms with Gasteiger partial charge < -0.3 is 9.72 Å². The lowest BCUT2D eigenvalue weighted by atomic mass is 10.0. The highest BCUT2D eigenvalue weighted by Gasteiger charge is 2.25. The highest BCUT2D eigenvalue weighted by Crippen LogP contribution is 2.26. The molecule has 2 heterocycles. The Hall–Kier alpha value is -3.36. The smallest absolute Gasteiger partial charge is 0.252 e. The molecule has 4 rings (SSSR count). The molecule has 0 fully saturated rings. The first-order chi connectivity index (χ1) is 17.0. The first-order valence-corrected chi connectivity index (χ1v) is 12.2. The number of hydrogen-bond donors (Lipinski definition) is 1. The van der Waals surface area contributed by atoms with Crippen molar-refractivity contribution in [2.24, 2.45) is 0 Å². The van der Waals surface area contributed by atoms with Crippen LogP contribution in [-0.2, 0) is 24.2 Å². The SMILES string of the molecule is CC[C@@H](c1nnnn1CCOC)N(CCc1ccccc1)Cc1cc2c(C)ccc(C)c2[nH]c1=O. The number of H-pyrrole nitrogens is 1. The predicted octanol–water partition coefficient (Wildman–Crippen LogP) is 3.97. The number of tetrazole rings is 1. The lowest BCUT2D eigenvalue weighted by molar-refractivity contribution is 0.158. The predicted molar refractivity (Wildman–Crippen MR) is 137 cm³/mol. The number of benzene rings is 2. The van der Waals surface area contributed by atoms with E-state index in [1.807, 2.05) is 29.8 Å². The van der Waals surface area contributed by atoms with Gasteiger partial charge in [0.05, 0.1) is 24.7 Å². The molecule has 0 saturated carbocycles. The number of pyridine rings is 1. The minimum atomic E-state index is -0.0512. The molecule has 0 amide bonds. The third kappa shape index (κ3) is 5.66. The number of aromatic nitrogens is 5. The quantitative estimate of drug-likeness (QED) is 0.354. The molecule has 0 spiro atoms. The summed E-state index contributed by atoms with van der Waals surface area (Å²) in [6.45, 7) is 8.61. The number of aromatic amines is 1. The summed E-state index contributed by atoms with van der Waals surface area (Å²) in [6.07, 6.45) is 1.67. The second-order valence-electron chi connectivity index (χ2n) is 8.99. The molecule has 0 unspecified atom stereocenters. The molecule has 0 saturated heterocycles. The van der Waals surface area contributed by atoms with Gasteiger partial charge in [-0.25, -0.2) is 4.68 Å². The summed E-state index contributed by atoms with van der Waals surface area (Å²) in [7, 11) is 1.67. The van der Waals surface area contributed by atoms with Crippen molar-refractivity contribution < 1.29 is 4.74 Å². The summed E-state index contributed by atoms with van der Waals surface area (Å²) in [5.41, 5.74) is 5.07. The van der Waals surface area contributed by atoms with E-state index in [9.17, 15) is 4.79 Å². The maximum absolute atomic E-state index is 13.2. The molecule has 35 heavy (non-hydrogen) atoms. The Labute approximate surface area is 205 Å². The van der Waals surface area contributed by atoms with Crippen LogP contribution in [0.4, 0.5) is 0 Å². The molecule has 1 atom stereocenters. The Morgan fingerprint density at radius 3 is 2.63 bits per heavy atom. The Kier molecular flexibility index (Phi) is 8.05. The van der Waals surface area contributed by atoms with Crippen molar-refractivity contribution in [2.45, 2.75) is 52.7 Å². The molecular weight excluding hydrogens is 440 g/mol. The van der Waals surface area contributed by atoms with E-state index < -0.39 is 0 Å². The largest absolute Gasteiger partial charge is 0.383 e. The van der Waals surface area contributed by atoms with E-state index in [4.69, 9.17) is 4.74 Å². The number of ether oxygens (including phenoxy) is 1. The van der Waals surface area contributed by atoms with Crippen LogP contribution in [0, 0.1) is 13.8 Å². The minimum Gasteiger partial charge on any atom is -0.383 e. The Morgan fingerprint density at radius 2 is 1.89 bits per heavy atom. The summed E-state index contributed by atoms with van der Waals surface area (Å²) >= 11 is 0. The summed E-state index contributed by atoms with van der Waals surface area (Å²) < 4.78 is 7.06. The van der Waals surface area contributed by atoms with Crippen molar-refractivity contribution in [3.63, 3.8) is 0 Å². The van der Waals surface area contributed by atoms with E-state index >= 15 is 0 Å². The van der Waals surface area contributed by atoms with Gasteiger partial charge in [-0.15, -0.1) is 5.10 Å². The van der Waals surface area contributed by atoms with Crippen LogP contribution >= 0.6 is 0 Å². The molecule has 184 valence electrons. The molecule has 4 aromatic rings. The highest BCUT2D eigenvalue weighted by atomic mass is 16.5. The fourth-order valence-electron chi connectivity index (χ4n) is 4.61. The van der Waals surface area contributed by atoms with Gasteiger partial charge in [-0.3, -0.25) is 9.69 Å². The third-order valence-corrected chi connectivity index (χ3v) is 6.62. The van der Waals surface area contributed by atoms with Crippen LogP contribution in [0.5, 0.6) is 0 Å². The van der Waals surface area contributed by atoms with Crippen molar-refractivity contribution in [1.82, 2.24) is 30.1 Å². The molecule has 0 bridgehead atoms. The molecule has 0 aliphatic rings. The minimum absolute atomic E-state index is 0.0423. The van der Waals surface area contributed by atoms with E-state index in [2.05, 4.69) is 69.6 Å². The van der Waals surface area contributed by atoms with E-state index in [1.54, 1.807) is 7.11 Å². The molecule has 8 heteroatoms. The number of hydrogen-bond acceptors (Lipinski definition) is 6. The van der Waals surface area contributed by atoms with Crippen LogP contribution in [-0.4, -0.2) is 50.4 Å². The Morgan fingerprint density at radius 1 is 1.11 bits per heavy atom. The number of nitrogens with one attached hydrogen (secondary N) is 1. The van der Waals surface area contributed by atoms with Gasteiger partial charge in [0.25, 0.3) is 5.56 Å². The normalized spacial score (nSPS) is 12.5. The van der Waals surface area contributed by atoms with Gasteiger partial charge in [0.2, 0.25) is 0 Å². The maximum Gasteiger partial charge on any atom is 0.252 e. The van der Waals surface area contributed by atoms with Crippen LogP contribution < -0.4 is 5.56 Å². The molecule has 2 aromatic carbocycles. The number of fused-ring (bicyclic) bond motifs is 1. The van der Waals surface area contributed by atoms with Gasteiger partial charge in [-0.1, -0.05) is 49.4 Å². The average molecular weight is 475 g/mol. The Bertz CT molecular complexity index is 1310. The van der Waals surface area contributed by atoms with Crippen molar-refractivity contribution in [3.8, 4) is 0 Å². The number of nitrogens with zero attached hydrogens (tertiary/aromatic N) is 5. The van der Waals surface area contributed by atoms with Gasteiger partial charge in [0.1, 0.15) is 0 Å². The van der Waals surface area contributed by atoms with Crippen LogP contribution in [0.2, 0.25) is 0 Å². The highest BCUT2D eigenvalue weighted by molar-refractivity contribution is 5.85. The van der Waals surface area contributed by atoms with Gasteiger partial charge in [-0.05, 0) is 59.9 Å². The average Bonchev–Trinajstić information content (AvgIpc) is 3.33. The van der Waals surface area contributed by atoms with Crippen LogP contribution in [0.1, 0.15) is 47.5 Å². The van der Waals surface area contributed by atoms with E-state index in [1.165, 1.54) is 5.56 Å². The fourth-order valence-corrected chi connectivity index (χ4v) is 4.61. The summed E-state index contributed by atoms with van der Waals surface area (Å²) in [5.74, 6) is 0.793. The Balaban J connectivity index is 1.70. The lowest BCUT2D eigenvalue weighted by Crippen LogP contribution is -2.34. The third-order valence-electron chi connectivity index (χ3n) is 6.62. The standard InChI is InChI=1S/C27H34N6O2/c1-5-24(26-29-30-31-33(26)15-16-35-4)32(14-13-21-9-7-6-8-10-21)18-22-17-23-19(2)11-12-20(3)25(23)28-27(22)34/h6-12,17,24H,5,13-16,18H2,1-4H3,(H,28,34)/t24-/m0/s1. The maximum atomic E-state index is 13.2. The fraction of sp³-hybridized carbons (Fsp3) is 0.407. The van der Waals surface area contributed by atoms with Crippen molar-refractivity contribution >= 4 is 10.9 Å². The molecule has 8 nitrogen and oxygen atoms in total. The molecule has 1 N–H and O–H groups in total. The molecule has 0 radical (unpaired) electrons. The zero-order valence-electron chi connectivity index (χ0n) is 21.0. The second kappa shape index (κ2) is 11.4. The monoisotopic (exact) mass is 474 g/mol. The van der Waals surface area contributed by atoms with Gasteiger partial charge in [-0.2, -0.15) is 0 Å². The second-order valence-corrected chi connectivity index (χ2v) is 8.99. The summed E-state index contributed by atoms with van der Waals surface area (Å²) in [5, 5.41) is 13.6. The number of rotatable bonds is 11. The molecular formula is C27H34N6O2. The lowest BCUT2D eigenvalue weighted by Gasteiger charge is -2.30. The summed E-state index contributed by atoms with van der Waals surface area (Å²) in [6, 6.07) is 16.6. The molecule has 0 aliphatic carbocycles.